The molecule has 1 N–H and O–H groups in total. The predicted octanol–water partition coefficient (Wildman–Crippen LogP) is 4.09. The molecule has 12 heteroatoms. The summed E-state index contributed by atoms with van der Waals surface area (Å²) in [5.41, 5.74) is 3.64. The van der Waals surface area contributed by atoms with Gasteiger partial charge in [0, 0.05) is 39.4 Å². The summed E-state index contributed by atoms with van der Waals surface area (Å²) in [6, 6.07) is 10.0. The highest BCUT2D eigenvalue weighted by Crippen LogP contribution is 2.37. The molecule has 38 heavy (non-hydrogen) atoms. The Labute approximate surface area is 223 Å². The number of ether oxygens (including phenoxy) is 3. The summed E-state index contributed by atoms with van der Waals surface area (Å²) in [5, 5.41) is 10.4. The second kappa shape index (κ2) is 9.65. The molecule has 3 aromatic rings. The maximum atomic E-state index is 14.7. The number of rotatable bonds is 4. The van der Waals surface area contributed by atoms with E-state index in [2.05, 4.69) is 14.3 Å². The molecule has 198 valence electrons. The van der Waals surface area contributed by atoms with E-state index in [-0.39, 0.29) is 36.3 Å². The molecule has 0 unspecified atom stereocenters. The standard InChI is InChI=1S/C26H24ClFN4O5S/c1-38(2,34)32-15-7-17(28)24(29-10-15)14-5-3-13(4-6-14)23-16(27)8-18-19(31-23)9-22(30-18)37-21-12-36-25-20(33)11-35-26(21)25/h3-8,10,20-21,25-26,33H,9,11-12H2,1-2H3/t20-,21-,25-,26-/m1/s1. The highest BCUT2D eigenvalue weighted by molar-refractivity contribution is 7.92. The predicted molar refractivity (Wildman–Crippen MR) is 141 cm³/mol. The van der Waals surface area contributed by atoms with Crippen LogP contribution in [-0.2, 0) is 30.4 Å². The maximum absolute atomic E-state index is 14.7. The number of pyridine rings is 2. The lowest BCUT2D eigenvalue weighted by Gasteiger charge is -2.17. The van der Waals surface area contributed by atoms with Crippen molar-refractivity contribution in [1.29, 1.82) is 0 Å². The third-order valence-corrected chi connectivity index (χ3v) is 7.39. The zero-order valence-electron chi connectivity index (χ0n) is 20.5. The van der Waals surface area contributed by atoms with Gasteiger partial charge in [0.15, 0.2) is 17.8 Å². The fourth-order valence-corrected chi connectivity index (χ4v) is 5.64. The second-order valence-corrected chi connectivity index (χ2v) is 12.6. The number of hydrogen-bond acceptors (Lipinski definition) is 9. The van der Waals surface area contributed by atoms with Crippen LogP contribution in [0.15, 0.2) is 52.0 Å². The Morgan fingerprint density at radius 3 is 2.53 bits per heavy atom. The fourth-order valence-electron chi connectivity index (χ4n) is 4.78. The van der Waals surface area contributed by atoms with E-state index in [1.54, 1.807) is 30.3 Å². The minimum Gasteiger partial charge on any atom is -0.472 e. The summed E-state index contributed by atoms with van der Waals surface area (Å²) in [4.78, 5) is 13.4. The van der Waals surface area contributed by atoms with Gasteiger partial charge in [-0.05, 0) is 6.07 Å². The van der Waals surface area contributed by atoms with Gasteiger partial charge in [0.25, 0.3) is 0 Å². The number of aliphatic hydroxyl groups is 1. The van der Waals surface area contributed by atoms with E-state index >= 15 is 0 Å². The number of aliphatic hydroxyl groups excluding tert-OH is 1. The second-order valence-electron chi connectivity index (χ2n) is 9.66. The average molecular weight is 559 g/mol. The lowest BCUT2D eigenvalue weighted by Crippen LogP contribution is -2.34. The first-order valence-corrected chi connectivity index (χ1v) is 14.6. The molecule has 5 heterocycles. The molecule has 4 atom stereocenters. The summed E-state index contributed by atoms with van der Waals surface area (Å²) in [6.07, 6.45) is 3.04. The van der Waals surface area contributed by atoms with Crippen LogP contribution < -0.4 is 0 Å². The molecule has 2 fully saturated rings. The molecule has 3 aliphatic rings. The molecule has 0 aliphatic carbocycles. The molecule has 0 radical (unpaired) electrons. The van der Waals surface area contributed by atoms with Crippen LogP contribution in [0, 0.1) is 5.82 Å². The molecule has 2 saturated heterocycles. The smallest absolute Gasteiger partial charge is 0.195 e. The van der Waals surface area contributed by atoms with E-state index in [0.29, 0.717) is 40.9 Å². The Balaban J connectivity index is 1.19. The molecule has 1 aromatic carbocycles. The van der Waals surface area contributed by atoms with Crippen molar-refractivity contribution >= 4 is 38.6 Å². The summed E-state index contributed by atoms with van der Waals surface area (Å²) >= 11 is 6.55. The molecule has 9 nitrogen and oxygen atoms in total. The lowest BCUT2D eigenvalue weighted by molar-refractivity contribution is 0.00558. The Kier molecular flexibility index (Phi) is 6.43. The van der Waals surface area contributed by atoms with E-state index in [1.807, 2.05) is 0 Å². The number of benzene rings is 1. The molecule has 0 spiro atoms. The number of nitrogens with zero attached hydrogens (tertiary/aromatic N) is 4. The van der Waals surface area contributed by atoms with Crippen molar-refractivity contribution in [2.45, 2.75) is 30.8 Å². The Morgan fingerprint density at radius 2 is 1.82 bits per heavy atom. The first kappa shape index (κ1) is 25.3. The molecule has 3 aliphatic heterocycles. The molecule has 6 rings (SSSR count). The summed E-state index contributed by atoms with van der Waals surface area (Å²) in [5.74, 6) is -0.0634. The third-order valence-electron chi connectivity index (χ3n) is 6.45. The van der Waals surface area contributed by atoms with Gasteiger partial charge in [-0.3, -0.25) is 4.98 Å². The molecule has 0 amide bonds. The van der Waals surface area contributed by atoms with Gasteiger partial charge in [-0.2, -0.15) is 4.36 Å². The number of halogens is 2. The normalized spacial score (nSPS) is 24.2. The summed E-state index contributed by atoms with van der Waals surface area (Å²) in [6.45, 7) is 0.545. The van der Waals surface area contributed by atoms with Crippen molar-refractivity contribution < 1.29 is 27.9 Å². The van der Waals surface area contributed by atoms with Crippen LogP contribution in [0.3, 0.4) is 0 Å². The van der Waals surface area contributed by atoms with Gasteiger partial charge in [-0.15, -0.1) is 0 Å². The fraction of sp³-hybridized carbons (Fsp3) is 0.346. The van der Waals surface area contributed by atoms with Crippen LogP contribution in [0.1, 0.15) is 5.69 Å². The van der Waals surface area contributed by atoms with Crippen molar-refractivity contribution in [2.75, 3.05) is 25.7 Å². The van der Waals surface area contributed by atoms with Crippen molar-refractivity contribution in [3.63, 3.8) is 0 Å². The highest BCUT2D eigenvalue weighted by atomic mass is 35.5. The molecular formula is C26H24ClFN4O5S. The van der Waals surface area contributed by atoms with E-state index in [1.165, 1.54) is 24.8 Å². The quantitative estimate of drug-likeness (QED) is 0.513. The zero-order chi connectivity index (χ0) is 26.6. The van der Waals surface area contributed by atoms with Crippen LogP contribution in [0.4, 0.5) is 15.8 Å². The number of aromatic nitrogens is 2. The van der Waals surface area contributed by atoms with Gasteiger partial charge in [-0.25, -0.2) is 18.6 Å². The van der Waals surface area contributed by atoms with Crippen molar-refractivity contribution in [1.82, 2.24) is 9.97 Å². The Hall–Kier alpha value is -2.96. The van der Waals surface area contributed by atoms with Gasteiger partial charge in [0.2, 0.25) is 0 Å². The molecule has 0 saturated carbocycles. The number of hydrogen-bond donors (Lipinski definition) is 1. The average Bonchev–Trinajstić information content (AvgIpc) is 3.54. The van der Waals surface area contributed by atoms with Crippen LogP contribution in [0.25, 0.3) is 22.5 Å². The van der Waals surface area contributed by atoms with Gasteiger partial charge in [-0.1, -0.05) is 35.9 Å². The van der Waals surface area contributed by atoms with Crippen LogP contribution >= 0.6 is 11.6 Å². The van der Waals surface area contributed by atoms with Crippen LogP contribution in [0.5, 0.6) is 0 Å². The molecule has 2 aromatic heterocycles. The molecule has 0 bridgehead atoms. The van der Waals surface area contributed by atoms with Gasteiger partial charge >= 0.3 is 0 Å². The first-order chi connectivity index (χ1) is 18.1. The van der Waals surface area contributed by atoms with Crippen molar-refractivity contribution in [3.05, 3.63) is 59.1 Å². The van der Waals surface area contributed by atoms with Crippen molar-refractivity contribution in [3.8, 4) is 22.5 Å². The van der Waals surface area contributed by atoms with E-state index in [4.69, 9.17) is 30.8 Å². The Bertz CT molecular complexity index is 1570. The zero-order valence-corrected chi connectivity index (χ0v) is 22.1. The van der Waals surface area contributed by atoms with Gasteiger partial charge in [0.1, 0.15) is 24.0 Å². The van der Waals surface area contributed by atoms with Crippen molar-refractivity contribution in [2.24, 2.45) is 9.36 Å². The topological polar surface area (TPSA) is 115 Å². The highest BCUT2D eigenvalue weighted by Gasteiger charge is 2.49. The summed E-state index contributed by atoms with van der Waals surface area (Å²) in [7, 11) is -2.42. The SMILES string of the molecule is CS(C)(=O)=Nc1cnc(-c2ccc(-c3nc4c(cc3Cl)N=C(O[C@@H]3CO[C@H]5[C@@H]3OC[C@H]5O)C4)cc2)c(F)c1. The van der Waals surface area contributed by atoms with E-state index in [9.17, 15) is 13.7 Å². The Morgan fingerprint density at radius 1 is 1.11 bits per heavy atom. The van der Waals surface area contributed by atoms with Crippen LogP contribution in [-0.4, -0.2) is 75.3 Å². The largest absolute Gasteiger partial charge is 0.472 e. The monoisotopic (exact) mass is 558 g/mol. The third kappa shape index (κ3) is 4.92. The van der Waals surface area contributed by atoms with E-state index < -0.39 is 21.7 Å². The van der Waals surface area contributed by atoms with Crippen LogP contribution in [0.2, 0.25) is 5.02 Å². The number of fused-ring (bicyclic) bond motifs is 2. The van der Waals surface area contributed by atoms with Gasteiger partial charge < -0.3 is 19.3 Å². The van der Waals surface area contributed by atoms with Gasteiger partial charge in [0.05, 0.1) is 53.6 Å². The first-order valence-electron chi connectivity index (χ1n) is 11.9. The number of aliphatic imine (C=N–C) groups is 1. The lowest BCUT2D eigenvalue weighted by atomic mass is 10.0. The summed E-state index contributed by atoms with van der Waals surface area (Å²) < 4.78 is 47.9. The minimum absolute atomic E-state index is 0.161. The maximum Gasteiger partial charge on any atom is 0.195 e. The molecular weight excluding hydrogens is 535 g/mol. The van der Waals surface area contributed by atoms with E-state index in [0.717, 1.165) is 11.3 Å². The minimum atomic E-state index is -2.42.